The third kappa shape index (κ3) is 3.63. The summed E-state index contributed by atoms with van der Waals surface area (Å²) < 4.78 is 1.58. The summed E-state index contributed by atoms with van der Waals surface area (Å²) in [7, 11) is 1.75. The third-order valence-electron chi connectivity index (χ3n) is 2.79. The molecule has 6 heteroatoms. The fourth-order valence-corrected chi connectivity index (χ4v) is 2.05. The summed E-state index contributed by atoms with van der Waals surface area (Å²) in [6.07, 6.45) is 1.65. The highest BCUT2D eigenvalue weighted by Gasteiger charge is 2.14. The Kier molecular flexibility index (Phi) is 4.63. The van der Waals surface area contributed by atoms with Crippen molar-refractivity contribution < 1.29 is 9.90 Å². The topological polar surface area (TPSA) is 67.2 Å². The van der Waals surface area contributed by atoms with E-state index >= 15 is 0 Å². The minimum atomic E-state index is -0.269. The lowest BCUT2D eigenvalue weighted by Gasteiger charge is -2.07. The van der Waals surface area contributed by atoms with E-state index in [-0.39, 0.29) is 12.5 Å². The first kappa shape index (κ1) is 15.1. The number of carbonyl (C=O) groups excluding carboxylic acids is 1. The Morgan fingerprint density at radius 1 is 1.52 bits per heavy atom. The van der Waals surface area contributed by atoms with Crippen LogP contribution in [0.4, 0.5) is 5.69 Å². The summed E-state index contributed by atoms with van der Waals surface area (Å²) in [6, 6.07) is 4.97. The molecule has 0 aliphatic heterocycles. The molecule has 0 fully saturated rings. The number of anilines is 1. The summed E-state index contributed by atoms with van der Waals surface area (Å²) >= 11 is 5.92. The monoisotopic (exact) mass is 303 g/mol. The summed E-state index contributed by atoms with van der Waals surface area (Å²) in [5, 5.41) is 16.2. The quantitative estimate of drug-likeness (QED) is 0.834. The molecule has 2 N–H and O–H groups in total. The molecular formula is C15H14ClN3O2. The van der Waals surface area contributed by atoms with Gasteiger partial charge >= 0.3 is 0 Å². The van der Waals surface area contributed by atoms with Crippen molar-refractivity contribution in [2.45, 2.75) is 6.92 Å². The number of halogens is 1. The van der Waals surface area contributed by atoms with Gasteiger partial charge in [-0.15, -0.1) is 0 Å². The highest BCUT2D eigenvalue weighted by atomic mass is 35.5. The number of nitrogens with one attached hydrogen (secondary N) is 1. The van der Waals surface area contributed by atoms with Crippen molar-refractivity contribution in [1.29, 1.82) is 0 Å². The molecule has 2 rings (SSSR count). The van der Waals surface area contributed by atoms with Gasteiger partial charge in [0.1, 0.15) is 6.61 Å². The van der Waals surface area contributed by atoms with Crippen molar-refractivity contribution in [3.63, 3.8) is 0 Å². The maximum atomic E-state index is 12.3. The molecule has 21 heavy (non-hydrogen) atoms. The van der Waals surface area contributed by atoms with Crippen molar-refractivity contribution >= 4 is 23.2 Å². The summed E-state index contributed by atoms with van der Waals surface area (Å²) in [6.45, 7) is 1.50. The molecule has 1 amide bonds. The molecule has 0 aliphatic carbocycles. The maximum Gasteiger partial charge on any atom is 0.259 e. The first-order chi connectivity index (χ1) is 10.0. The lowest BCUT2D eigenvalue weighted by Crippen LogP contribution is -2.13. The fraction of sp³-hybridized carbons (Fsp3) is 0.200. The number of aliphatic hydroxyl groups excluding tert-OH is 1. The lowest BCUT2D eigenvalue weighted by atomic mass is 10.1. The number of hydrogen-bond donors (Lipinski definition) is 2. The van der Waals surface area contributed by atoms with Gasteiger partial charge in [0.25, 0.3) is 5.91 Å². The molecule has 0 unspecified atom stereocenters. The molecule has 0 bridgehead atoms. The number of aromatic nitrogens is 2. The second-order valence-electron chi connectivity index (χ2n) is 4.41. The van der Waals surface area contributed by atoms with Crippen LogP contribution in [0.3, 0.4) is 0 Å². The molecule has 1 heterocycles. The Morgan fingerprint density at radius 3 is 2.90 bits per heavy atom. The average molecular weight is 304 g/mol. The SMILES string of the molecule is Cc1nn(C)cc1C(=O)Nc1ccc(Cl)cc1C#CCO. The van der Waals surface area contributed by atoms with E-state index in [9.17, 15) is 4.79 Å². The van der Waals surface area contributed by atoms with Crippen LogP contribution >= 0.6 is 11.6 Å². The predicted octanol–water partition coefficient (Wildman–Crippen LogP) is 1.98. The number of nitrogens with zero attached hydrogens (tertiary/aromatic N) is 2. The molecule has 1 aromatic heterocycles. The van der Waals surface area contributed by atoms with Gasteiger partial charge < -0.3 is 10.4 Å². The van der Waals surface area contributed by atoms with Gasteiger partial charge in [-0.3, -0.25) is 9.48 Å². The van der Waals surface area contributed by atoms with Gasteiger partial charge in [0.2, 0.25) is 0 Å². The van der Waals surface area contributed by atoms with Crippen molar-refractivity contribution in [2.75, 3.05) is 11.9 Å². The standard InChI is InChI=1S/C15H14ClN3O2/c1-10-13(9-19(2)18-10)15(21)17-14-6-5-12(16)8-11(14)4-3-7-20/h5-6,8-9,20H,7H2,1-2H3,(H,17,21). The molecule has 0 radical (unpaired) electrons. The number of amides is 1. The number of aryl methyl sites for hydroxylation is 2. The minimum Gasteiger partial charge on any atom is -0.384 e. The second-order valence-corrected chi connectivity index (χ2v) is 4.84. The number of benzene rings is 1. The van der Waals surface area contributed by atoms with Crippen LogP contribution in [0.25, 0.3) is 0 Å². The van der Waals surface area contributed by atoms with Crippen LogP contribution < -0.4 is 5.32 Å². The van der Waals surface area contributed by atoms with Gasteiger partial charge in [-0.25, -0.2) is 0 Å². The molecule has 108 valence electrons. The molecule has 0 spiro atoms. The van der Waals surface area contributed by atoms with Crippen LogP contribution in [0, 0.1) is 18.8 Å². The van der Waals surface area contributed by atoms with Crippen LogP contribution in [0.15, 0.2) is 24.4 Å². The average Bonchev–Trinajstić information content (AvgIpc) is 2.78. The lowest BCUT2D eigenvalue weighted by molar-refractivity contribution is 0.102. The van der Waals surface area contributed by atoms with E-state index in [1.165, 1.54) is 0 Å². The van der Waals surface area contributed by atoms with E-state index in [2.05, 4.69) is 22.3 Å². The van der Waals surface area contributed by atoms with E-state index in [0.29, 0.717) is 27.5 Å². The van der Waals surface area contributed by atoms with Crippen LogP contribution in [0.1, 0.15) is 21.6 Å². The minimum absolute atomic E-state index is 0.262. The van der Waals surface area contributed by atoms with Gasteiger partial charge in [0.05, 0.1) is 16.9 Å². The molecule has 2 aromatic rings. The maximum absolute atomic E-state index is 12.3. The molecule has 0 aliphatic rings. The summed E-state index contributed by atoms with van der Waals surface area (Å²) in [5.41, 5.74) is 2.22. The molecule has 1 aromatic carbocycles. The van der Waals surface area contributed by atoms with E-state index in [1.54, 1.807) is 43.0 Å². The Labute approximate surface area is 127 Å². The summed E-state index contributed by atoms with van der Waals surface area (Å²) in [4.78, 5) is 12.3. The highest BCUT2D eigenvalue weighted by molar-refractivity contribution is 6.30. The van der Waals surface area contributed by atoms with Crippen LogP contribution in [0.2, 0.25) is 5.02 Å². The zero-order chi connectivity index (χ0) is 15.4. The highest BCUT2D eigenvalue weighted by Crippen LogP contribution is 2.21. The summed E-state index contributed by atoms with van der Waals surface area (Å²) in [5.74, 6) is 5.03. The van der Waals surface area contributed by atoms with Crippen molar-refractivity contribution in [3.05, 3.63) is 46.2 Å². The fourth-order valence-electron chi connectivity index (χ4n) is 1.88. The van der Waals surface area contributed by atoms with Gasteiger partial charge in [-0.05, 0) is 25.1 Å². The smallest absolute Gasteiger partial charge is 0.259 e. The van der Waals surface area contributed by atoms with E-state index in [1.807, 2.05) is 0 Å². The number of aliphatic hydroxyl groups is 1. The molecule has 5 nitrogen and oxygen atoms in total. The first-order valence-corrected chi connectivity index (χ1v) is 6.60. The second kappa shape index (κ2) is 6.44. The molecule has 0 saturated carbocycles. The van der Waals surface area contributed by atoms with Crippen molar-refractivity contribution in [1.82, 2.24) is 9.78 Å². The van der Waals surface area contributed by atoms with Gasteiger partial charge in [0, 0.05) is 23.8 Å². The van der Waals surface area contributed by atoms with Crippen LogP contribution in [0.5, 0.6) is 0 Å². The van der Waals surface area contributed by atoms with E-state index in [4.69, 9.17) is 16.7 Å². The van der Waals surface area contributed by atoms with E-state index in [0.717, 1.165) is 0 Å². The predicted molar refractivity (Wildman–Crippen MR) is 81.3 cm³/mol. The molecular weight excluding hydrogens is 290 g/mol. The van der Waals surface area contributed by atoms with E-state index < -0.39 is 0 Å². The van der Waals surface area contributed by atoms with Gasteiger partial charge in [-0.1, -0.05) is 23.4 Å². The number of hydrogen-bond acceptors (Lipinski definition) is 3. The largest absolute Gasteiger partial charge is 0.384 e. The zero-order valence-corrected chi connectivity index (χ0v) is 12.4. The normalized spacial score (nSPS) is 9.90. The molecule has 0 atom stereocenters. The Bertz CT molecular complexity index is 741. The van der Waals surface area contributed by atoms with Crippen LogP contribution in [-0.2, 0) is 7.05 Å². The van der Waals surface area contributed by atoms with Crippen LogP contribution in [-0.4, -0.2) is 27.4 Å². The van der Waals surface area contributed by atoms with Gasteiger partial charge in [0.15, 0.2) is 0 Å². The molecule has 0 saturated heterocycles. The Morgan fingerprint density at radius 2 is 2.29 bits per heavy atom. The Balaban J connectivity index is 2.31. The first-order valence-electron chi connectivity index (χ1n) is 6.22. The Hall–Kier alpha value is -2.29. The number of rotatable bonds is 2. The third-order valence-corrected chi connectivity index (χ3v) is 3.03. The zero-order valence-electron chi connectivity index (χ0n) is 11.6. The number of carbonyl (C=O) groups is 1. The van der Waals surface area contributed by atoms with Gasteiger partial charge in [-0.2, -0.15) is 5.10 Å². The van der Waals surface area contributed by atoms with Crippen molar-refractivity contribution in [3.8, 4) is 11.8 Å². The van der Waals surface area contributed by atoms with Crippen molar-refractivity contribution in [2.24, 2.45) is 7.05 Å².